The second-order valence-electron chi connectivity index (χ2n) is 7.10. The molecule has 1 aliphatic carbocycles. The lowest BCUT2D eigenvalue weighted by Crippen LogP contribution is -2.45. The Morgan fingerprint density at radius 1 is 1.07 bits per heavy atom. The molecule has 0 spiro atoms. The summed E-state index contributed by atoms with van der Waals surface area (Å²) in [7, 11) is -3.88. The standard InChI is InChI=1S/C18H24N4O5S/c19-17(24)14-3-1-2-4-15(14)28(26,27)22-9-7-12(8-10-22)18(25)20-11-16(23)21-13-5-6-13/h1-4,12-13H,5-11H2,(H2,19,24)(H,20,25)(H,21,23). The van der Waals surface area contributed by atoms with E-state index < -0.39 is 15.9 Å². The third kappa shape index (κ3) is 4.68. The van der Waals surface area contributed by atoms with Crippen LogP contribution in [0.2, 0.25) is 0 Å². The van der Waals surface area contributed by atoms with Gasteiger partial charge in [-0.2, -0.15) is 4.31 Å². The highest BCUT2D eigenvalue weighted by Gasteiger charge is 2.34. The van der Waals surface area contributed by atoms with Gasteiger partial charge >= 0.3 is 0 Å². The number of hydrogen-bond acceptors (Lipinski definition) is 5. The van der Waals surface area contributed by atoms with Crippen molar-refractivity contribution in [3.05, 3.63) is 29.8 Å². The number of piperidine rings is 1. The molecule has 28 heavy (non-hydrogen) atoms. The second kappa shape index (κ2) is 8.27. The lowest BCUT2D eigenvalue weighted by molar-refractivity contribution is -0.129. The maximum Gasteiger partial charge on any atom is 0.250 e. The largest absolute Gasteiger partial charge is 0.366 e. The van der Waals surface area contributed by atoms with E-state index >= 15 is 0 Å². The van der Waals surface area contributed by atoms with Gasteiger partial charge in [0.1, 0.15) is 0 Å². The third-order valence-electron chi connectivity index (χ3n) is 4.96. The molecule has 1 saturated carbocycles. The number of nitrogens with one attached hydrogen (secondary N) is 2. The van der Waals surface area contributed by atoms with E-state index in [1.54, 1.807) is 6.07 Å². The third-order valence-corrected chi connectivity index (χ3v) is 6.92. The van der Waals surface area contributed by atoms with Crippen molar-refractivity contribution in [2.24, 2.45) is 11.7 Å². The zero-order valence-corrected chi connectivity index (χ0v) is 16.2. The minimum absolute atomic E-state index is 0.0518. The van der Waals surface area contributed by atoms with E-state index in [0.717, 1.165) is 12.8 Å². The summed E-state index contributed by atoms with van der Waals surface area (Å²) < 4.78 is 27.0. The summed E-state index contributed by atoms with van der Waals surface area (Å²) in [5, 5.41) is 5.41. The Morgan fingerprint density at radius 3 is 2.32 bits per heavy atom. The molecule has 2 fully saturated rings. The number of primary amides is 1. The summed E-state index contributed by atoms with van der Waals surface area (Å²) in [5.74, 6) is -1.62. The molecular formula is C18H24N4O5S. The van der Waals surface area contributed by atoms with Crippen molar-refractivity contribution >= 4 is 27.7 Å². The molecule has 9 nitrogen and oxygen atoms in total. The summed E-state index contributed by atoms with van der Waals surface area (Å²) in [6.07, 6.45) is 2.64. The maximum absolute atomic E-state index is 12.9. The summed E-state index contributed by atoms with van der Waals surface area (Å²) in [6, 6.07) is 6.05. The maximum atomic E-state index is 12.9. The van der Waals surface area contributed by atoms with Crippen molar-refractivity contribution in [1.82, 2.24) is 14.9 Å². The summed E-state index contributed by atoms with van der Waals surface area (Å²) >= 11 is 0. The zero-order valence-electron chi connectivity index (χ0n) is 15.4. The van der Waals surface area contributed by atoms with Crippen LogP contribution in [-0.4, -0.2) is 56.1 Å². The predicted molar refractivity (Wildman–Crippen MR) is 101 cm³/mol. The Hall–Kier alpha value is -2.46. The molecule has 0 unspecified atom stereocenters. The Kier molecular flexibility index (Phi) is 5.99. The SMILES string of the molecule is NC(=O)c1ccccc1S(=O)(=O)N1CCC(C(=O)NCC(=O)NC2CC2)CC1. The Labute approximate surface area is 163 Å². The fourth-order valence-electron chi connectivity index (χ4n) is 3.21. The fourth-order valence-corrected chi connectivity index (χ4v) is 4.88. The van der Waals surface area contributed by atoms with Crippen LogP contribution < -0.4 is 16.4 Å². The van der Waals surface area contributed by atoms with Gasteiger partial charge in [0.25, 0.3) is 0 Å². The first kappa shape index (κ1) is 20.3. The van der Waals surface area contributed by atoms with Gasteiger partial charge in [0.05, 0.1) is 17.0 Å². The summed E-state index contributed by atoms with van der Waals surface area (Å²) in [6.45, 7) is 0.239. The molecule has 0 bridgehead atoms. The first-order valence-corrected chi connectivity index (χ1v) is 10.7. The van der Waals surface area contributed by atoms with Crippen molar-refractivity contribution in [3.63, 3.8) is 0 Å². The number of amides is 3. The van der Waals surface area contributed by atoms with Crippen LogP contribution in [0.15, 0.2) is 29.2 Å². The minimum atomic E-state index is -3.88. The number of nitrogens with zero attached hydrogens (tertiary/aromatic N) is 1. The average molecular weight is 408 g/mol. The molecule has 1 heterocycles. The van der Waals surface area contributed by atoms with Crippen molar-refractivity contribution < 1.29 is 22.8 Å². The van der Waals surface area contributed by atoms with Crippen molar-refractivity contribution in [3.8, 4) is 0 Å². The quantitative estimate of drug-likeness (QED) is 0.562. The predicted octanol–water partition coefficient (Wildman–Crippen LogP) is -0.419. The number of nitrogens with two attached hydrogens (primary N) is 1. The Bertz CT molecular complexity index is 874. The van der Waals surface area contributed by atoms with Gasteiger partial charge in [0.15, 0.2) is 0 Å². The molecule has 1 aromatic rings. The number of carbonyl (C=O) groups excluding carboxylic acids is 3. The Balaban J connectivity index is 1.56. The molecule has 4 N–H and O–H groups in total. The highest BCUT2D eigenvalue weighted by molar-refractivity contribution is 7.89. The van der Waals surface area contributed by atoms with Gasteiger partial charge < -0.3 is 16.4 Å². The smallest absolute Gasteiger partial charge is 0.250 e. The van der Waals surface area contributed by atoms with Crippen molar-refractivity contribution in [2.75, 3.05) is 19.6 Å². The van der Waals surface area contributed by atoms with Gasteiger partial charge in [-0.1, -0.05) is 12.1 Å². The molecule has 152 valence electrons. The number of hydrogen-bond donors (Lipinski definition) is 3. The van der Waals surface area contributed by atoms with E-state index in [9.17, 15) is 22.8 Å². The summed E-state index contributed by atoms with van der Waals surface area (Å²) in [4.78, 5) is 35.3. The van der Waals surface area contributed by atoms with Gasteiger partial charge in [-0.25, -0.2) is 8.42 Å². The number of carbonyl (C=O) groups is 3. The number of sulfonamides is 1. The molecule has 0 atom stereocenters. The van der Waals surface area contributed by atoms with E-state index in [-0.39, 0.29) is 53.9 Å². The van der Waals surface area contributed by atoms with E-state index in [0.29, 0.717) is 12.8 Å². The van der Waals surface area contributed by atoms with Crippen LogP contribution in [0.25, 0.3) is 0 Å². The molecule has 0 aromatic heterocycles. The van der Waals surface area contributed by atoms with Crippen molar-refractivity contribution in [2.45, 2.75) is 36.6 Å². The molecule has 1 aliphatic heterocycles. The van der Waals surface area contributed by atoms with Gasteiger partial charge in [-0.15, -0.1) is 0 Å². The lowest BCUT2D eigenvalue weighted by Gasteiger charge is -2.30. The average Bonchev–Trinajstić information content (AvgIpc) is 3.50. The van der Waals surface area contributed by atoms with Crippen LogP contribution in [-0.2, 0) is 19.6 Å². The molecule has 0 radical (unpaired) electrons. The van der Waals surface area contributed by atoms with E-state index in [1.165, 1.54) is 22.5 Å². The van der Waals surface area contributed by atoms with E-state index in [2.05, 4.69) is 10.6 Å². The highest BCUT2D eigenvalue weighted by atomic mass is 32.2. The van der Waals surface area contributed by atoms with Gasteiger partial charge in [-0.3, -0.25) is 14.4 Å². The van der Waals surface area contributed by atoms with Gasteiger partial charge in [-0.05, 0) is 37.8 Å². The fraction of sp³-hybridized carbons (Fsp3) is 0.500. The molecule has 3 rings (SSSR count). The van der Waals surface area contributed by atoms with Crippen LogP contribution in [0.5, 0.6) is 0 Å². The topological polar surface area (TPSA) is 139 Å². The first-order valence-electron chi connectivity index (χ1n) is 9.25. The van der Waals surface area contributed by atoms with Gasteiger partial charge in [0, 0.05) is 25.0 Å². The molecule has 1 saturated heterocycles. The van der Waals surface area contributed by atoms with Crippen LogP contribution in [0, 0.1) is 5.92 Å². The van der Waals surface area contributed by atoms with E-state index in [1.807, 2.05) is 0 Å². The van der Waals surface area contributed by atoms with Crippen LogP contribution >= 0.6 is 0 Å². The lowest BCUT2D eigenvalue weighted by atomic mass is 9.97. The molecular weight excluding hydrogens is 384 g/mol. The van der Waals surface area contributed by atoms with Crippen molar-refractivity contribution in [1.29, 1.82) is 0 Å². The number of rotatable bonds is 7. The van der Waals surface area contributed by atoms with E-state index in [4.69, 9.17) is 5.73 Å². The van der Waals surface area contributed by atoms with Gasteiger partial charge in [0.2, 0.25) is 27.7 Å². The van der Waals surface area contributed by atoms with Crippen LogP contribution in [0.4, 0.5) is 0 Å². The summed E-state index contributed by atoms with van der Waals surface area (Å²) in [5.41, 5.74) is 5.23. The normalized spacial score (nSPS) is 18.4. The molecule has 1 aromatic carbocycles. The zero-order chi connectivity index (χ0) is 20.3. The Morgan fingerprint density at radius 2 is 1.71 bits per heavy atom. The van der Waals surface area contributed by atoms with Crippen LogP contribution in [0.3, 0.4) is 0 Å². The minimum Gasteiger partial charge on any atom is -0.366 e. The molecule has 3 amide bonds. The van der Waals surface area contributed by atoms with Crippen LogP contribution in [0.1, 0.15) is 36.0 Å². The second-order valence-corrected chi connectivity index (χ2v) is 9.00. The monoisotopic (exact) mass is 408 g/mol. The molecule has 2 aliphatic rings. The first-order chi connectivity index (χ1) is 13.3. The number of benzene rings is 1. The molecule has 10 heteroatoms. The highest BCUT2D eigenvalue weighted by Crippen LogP contribution is 2.26.